The van der Waals surface area contributed by atoms with E-state index in [4.69, 9.17) is 9.72 Å². The van der Waals surface area contributed by atoms with Gasteiger partial charge in [-0.2, -0.15) is 0 Å². The van der Waals surface area contributed by atoms with Gasteiger partial charge in [0.2, 0.25) is 11.8 Å². The molecule has 0 unspecified atom stereocenters. The van der Waals surface area contributed by atoms with Crippen molar-refractivity contribution in [1.29, 1.82) is 0 Å². The van der Waals surface area contributed by atoms with Crippen molar-refractivity contribution in [2.24, 2.45) is 0 Å². The lowest BCUT2D eigenvalue weighted by Crippen LogP contribution is -2.30. The normalized spacial score (nSPS) is 14.9. The summed E-state index contributed by atoms with van der Waals surface area (Å²) in [6.45, 7) is 5.53. The first kappa shape index (κ1) is 33.7. The van der Waals surface area contributed by atoms with E-state index in [1.54, 1.807) is 6.20 Å². The number of benzene rings is 2. The van der Waals surface area contributed by atoms with E-state index in [0.717, 1.165) is 63.5 Å². The van der Waals surface area contributed by atoms with Gasteiger partial charge in [0, 0.05) is 103 Å². The standard InChI is InChI=1S/C40H43N5O4/c1-40(2)36-22-31(42-26-35(36)34-15-13-32(23-37(34)49-40)45-17-7-11-39(45)48)20-28-18-29(25-41-24-28)21-33(46)14-12-27-8-5-9-30(19-27)43-38(47)10-6-16-44(3)4/h5-6,8-10,13,15,18-19,22-26H,7,11-12,14,16-17,20-21H2,1-4H3,(H,43,47)/b10-6+. The number of fused-ring (bicyclic) bond motifs is 3. The van der Waals surface area contributed by atoms with Gasteiger partial charge in [-0.1, -0.05) is 24.3 Å². The van der Waals surface area contributed by atoms with Gasteiger partial charge in [-0.15, -0.1) is 0 Å². The molecule has 1 N–H and O–H groups in total. The Morgan fingerprint density at radius 2 is 1.84 bits per heavy atom. The Bertz CT molecular complexity index is 1910. The topological polar surface area (TPSA) is 105 Å². The second-order valence-corrected chi connectivity index (χ2v) is 13.6. The molecule has 2 aromatic heterocycles. The first-order valence-corrected chi connectivity index (χ1v) is 16.8. The molecule has 2 aliphatic rings. The number of Topliss-reactive ketones (excluding diaryl/α,β-unsaturated/α-hetero) is 1. The number of carbonyl (C=O) groups is 3. The van der Waals surface area contributed by atoms with Crippen LogP contribution >= 0.6 is 0 Å². The van der Waals surface area contributed by atoms with Crippen molar-refractivity contribution in [3.05, 3.63) is 113 Å². The molecule has 0 radical (unpaired) electrons. The summed E-state index contributed by atoms with van der Waals surface area (Å²) in [4.78, 5) is 50.6. The van der Waals surface area contributed by atoms with E-state index in [9.17, 15) is 14.4 Å². The molecule has 0 atom stereocenters. The smallest absolute Gasteiger partial charge is 0.248 e. The number of aryl methyl sites for hydroxylation is 1. The number of aromatic nitrogens is 2. The highest BCUT2D eigenvalue weighted by atomic mass is 16.5. The molecule has 6 rings (SSSR count). The molecule has 0 spiro atoms. The SMILES string of the molecule is CN(C)C/C=C/C(=O)Nc1cccc(CCC(=O)Cc2cncc(Cc3cc4c(cn3)-c3ccc(N5CCCC5=O)cc3OC4(C)C)c2)c1. The van der Waals surface area contributed by atoms with Crippen LogP contribution < -0.4 is 15.0 Å². The number of rotatable bonds is 12. The minimum Gasteiger partial charge on any atom is -0.482 e. The number of nitrogens with zero attached hydrogens (tertiary/aromatic N) is 4. The van der Waals surface area contributed by atoms with Gasteiger partial charge in [-0.3, -0.25) is 24.4 Å². The quantitative estimate of drug-likeness (QED) is 0.179. The average molecular weight is 658 g/mol. The molecule has 1 saturated heterocycles. The summed E-state index contributed by atoms with van der Waals surface area (Å²) in [7, 11) is 3.89. The third-order valence-electron chi connectivity index (χ3n) is 8.88. The fourth-order valence-corrected chi connectivity index (χ4v) is 6.45. The third kappa shape index (κ3) is 8.29. The molecule has 0 aliphatic carbocycles. The second-order valence-electron chi connectivity index (χ2n) is 13.6. The fourth-order valence-electron chi connectivity index (χ4n) is 6.45. The first-order valence-electron chi connectivity index (χ1n) is 16.8. The molecule has 4 heterocycles. The van der Waals surface area contributed by atoms with Crippen molar-refractivity contribution in [1.82, 2.24) is 14.9 Å². The molecule has 9 nitrogen and oxygen atoms in total. The van der Waals surface area contributed by atoms with Crippen molar-refractivity contribution < 1.29 is 19.1 Å². The van der Waals surface area contributed by atoms with E-state index >= 15 is 0 Å². The number of anilines is 2. The molecule has 1 fully saturated rings. The summed E-state index contributed by atoms with van der Waals surface area (Å²) in [6, 6.07) is 17.7. The van der Waals surface area contributed by atoms with Crippen LogP contribution in [0.4, 0.5) is 11.4 Å². The highest BCUT2D eigenvalue weighted by molar-refractivity contribution is 5.99. The predicted octanol–water partition coefficient (Wildman–Crippen LogP) is 6.29. The minimum absolute atomic E-state index is 0.127. The lowest BCUT2D eigenvalue weighted by molar-refractivity contribution is -0.118. The van der Waals surface area contributed by atoms with E-state index in [0.29, 0.717) is 44.3 Å². The Morgan fingerprint density at radius 1 is 1.00 bits per heavy atom. The molecule has 2 aliphatic heterocycles. The summed E-state index contributed by atoms with van der Waals surface area (Å²) < 4.78 is 6.51. The molecule has 4 aromatic rings. The van der Waals surface area contributed by atoms with Crippen molar-refractivity contribution >= 4 is 29.0 Å². The van der Waals surface area contributed by atoms with Crippen LogP contribution in [0.3, 0.4) is 0 Å². The Hall–Kier alpha value is -5.15. The average Bonchev–Trinajstić information content (AvgIpc) is 3.49. The highest BCUT2D eigenvalue weighted by Crippen LogP contribution is 2.46. The van der Waals surface area contributed by atoms with Gasteiger partial charge in [-0.05, 0) is 87.8 Å². The zero-order valence-corrected chi connectivity index (χ0v) is 28.7. The molecule has 0 saturated carbocycles. The van der Waals surface area contributed by atoms with Crippen LogP contribution in [0.2, 0.25) is 0 Å². The summed E-state index contributed by atoms with van der Waals surface area (Å²) in [5.41, 5.74) is 7.77. The molecule has 2 aromatic carbocycles. The fraction of sp³-hybridized carbons (Fsp3) is 0.325. The van der Waals surface area contributed by atoms with Gasteiger partial charge in [0.25, 0.3) is 0 Å². The van der Waals surface area contributed by atoms with Gasteiger partial charge in [0.05, 0.1) is 0 Å². The number of hydrogen-bond acceptors (Lipinski definition) is 7. The van der Waals surface area contributed by atoms with Crippen LogP contribution in [0, 0.1) is 0 Å². The van der Waals surface area contributed by atoms with Crippen LogP contribution in [0.5, 0.6) is 5.75 Å². The van der Waals surface area contributed by atoms with Gasteiger partial charge >= 0.3 is 0 Å². The Kier molecular flexibility index (Phi) is 10.0. The van der Waals surface area contributed by atoms with E-state index in [-0.39, 0.29) is 17.6 Å². The molecule has 9 heteroatoms. The van der Waals surface area contributed by atoms with Crippen molar-refractivity contribution in [2.45, 2.75) is 58.0 Å². The number of likely N-dealkylation sites (N-methyl/N-ethyl adjacent to an activating group) is 1. The number of hydrogen-bond donors (Lipinski definition) is 1. The Labute approximate surface area is 288 Å². The maximum Gasteiger partial charge on any atom is 0.248 e. The van der Waals surface area contributed by atoms with Gasteiger partial charge in [-0.25, -0.2) is 0 Å². The summed E-state index contributed by atoms with van der Waals surface area (Å²) in [5, 5.41) is 2.89. The number of pyridine rings is 2. The largest absolute Gasteiger partial charge is 0.482 e. The lowest BCUT2D eigenvalue weighted by Gasteiger charge is -2.35. The lowest BCUT2D eigenvalue weighted by atomic mass is 9.86. The van der Waals surface area contributed by atoms with Gasteiger partial charge in [0.1, 0.15) is 17.1 Å². The van der Waals surface area contributed by atoms with Crippen LogP contribution in [0.1, 0.15) is 61.1 Å². The molecular formula is C40H43N5O4. The van der Waals surface area contributed by atoms with Crippen molar-refractivity contribution in [2.75, 3.05) is 37.4 Å². The minimum atomic E-state index is -0.589. The van der Waals surface area contributed by atoms with Crippen molar-refractivity contribution in [3.8, 4) is 16.9 Å². The number of ether oxygens (including phenoxy) is 1. The zero-order chi connectivity index (χ0) is 34.5. The van der Waals surface area contributed by atoms with E-state index in [1.165, 1.54) is 6.08 Å². The number of ketones is 1. The van der Waals surface area contributed by atoms with Crippen LogP contribution in [0.15, 0.2) is 85.3 Å². The number of amides is 2. The molecule has 252 valence electrons. The Balaban J connectivity index is 1.07. The van der Waals surface area contributed by atoms with Crippen LogP contribution in [-0.4, -0.2) is 59.7 Å². The van der Waals surface area contributed by atoms with Crippen molar-refractivity contribution in [3.63, 3.8) is 0 Å². The summed E-state index contributed by atoms with van der Waals surface area (Å²) in [5.74, 6) is 0.857. The number of nitrogens with one attached hydrogen (secondary N) is 1. The summed E-state index contributed by atoms with van der Waals surface area (Å²) in [6.07, 6.45) is 12.1. The third-order valence-corrected chi connectivity index (χ3v) is 8.88. The predicted molar refractivity (Wildman–Crippen MR) is 192 cm³/mol. The summed E-state index contributed by atoms with van der Waals surface area (Å²) >= 11 is 0. The maximum atomic E-state index is 13.0. The van der Waals surface area contributed by atoms with Gasteiger partial charge in [0.15, 0.2) is 0 Å². The maximum absolute atomic E-state index is 13.0. The number of carbonyl (C=O) groups excluding carboxylic acids is 3. The van der Waals surface area contributed by atoms with Crippen LogP contribution in [0.25, 0.3) is 11.1 Å². The highest BCUT2D eigenvalue weighted by Gasteiger charge is 2.34. The van der Waals surface area contributed by atoms with E-state index in [2.05, 4.69) is 30.2 Å². The molecule has 49 heavy (non-hydrogen) atoms. The molecular weight excluding hydrogens is 614 g/mol. The Morgan fingerprint density at radius 3 is 2.63 bits per heavy atom. The van der Waals surface area contributed by atoms with Crippen LogP contribution in [-0.2, 0) is 39.2 Å². The van der Waals surface area contributed by atoms with E-state index in [1.807, 2.05) is 90.9 Å². The van der Waals surface area contributed by atoms with Gasteiger partial charge < -0.3 is 19.9 Å². The second kappa shape index (κ2) is 14.5. The zero-order valence-electron chi connectivity index (χ0n) is 28.7. The molecule has 2 amide bonds. The van der Waals surface area contributed by atoms with E-state index < -0.39 is 5.60 Å². The first-order chi connectivity index (χ1) is 23.5. The molecule has 0 bridgehead atoms. The monoisotopic (exact) mass is 657 g/mol.